The van der Waals surface area contributed by atoms with Gasteiger partial charge in [0, 0.05) is 5.41 Å². The minimum Gasteiger partial charge on any atom is -0.305 e. The van der Waals surface area contributed by atoms with Crippen LogP contribution in [0.15, 0.2) is 25.2 Å². The average molecular weight is 392 g/mol. The van der Waals surface area contributed by atoms with Crippen LogP contribution >= 0.6 is 43.2 Å². The van der Waals surface area contributed by atoms with Gasteiger partial charge in [0.2, 0.25) is 0 Å². The number of aromatic amines is 1. The van der Waals surface area contributed by atoms with Crippen molar-refractivity contribution in [3.63, 3.8) is 0 Å². The van der Waals surface area contributed by atoms with Crippen LogP contribution in [0.3, 0.4) is 0 Å². The van der Waals surface area contributed by atoms with E-state index in [4.69, 9.17) is 0 Å². The van der Waals surface area contributed by atoms with Crippen molar-refractivity contribution in [3.8, 4) is 10.7 Å². The van der Waals surface area contributed by atoms with E-state index in [0.29, 0.717) is 10.3 Å². The second-order valence-corrected chi connectivity index (χ2v) is 8.19. The van der Waals surface area contributed by atoms with Crippen LogP contribution in [-0.4, -0.2) is 9.97 Å². The smallest absolute Gasteiger partial charge is 0.265 e. The van der Waals surface area contributed by atoms with Gasteiger partial charge in [-0.05, 0) is 44.0 Å². The lowest BCUT2D eigenvalue weighted by atomic mass is 9.92. The number of hydrogen-bond donors (Lipinski definition) is 1. The van der Waals surface area contributed by atoms with Crippen LogP contribution in [0.25, 0.3) is 10.7 Å². The summed E-state index contributed by atoms with van der Waals surface area (Å²) in [5.41, 5.74) is 0.441. The van der Waals surface area contributed by atoms with Gasteiger partial charge < -0.3 is 4.98 Å². The Kier molecular flexibility index (Phi) is 3.80. The van der Waals surface area contributed by atoms with E-state index in [-0.39, 0.29) is 11.0 Å². The fourth-order valence-corrected chi connectivity index (χ4v) is 3.63. The Morgan fingerprint density at radius 1 is 1.28 bits per heavy atom. The van der Waals surface area contributed by atoms with Crippen LogP contribution in [-0.2, 0) is 5.41 Å². The highest BCUT2D eigenvalue weighted by Crippen LogP contribution is 2.31. The van der Waals surface area contributed by atoms with E-state index >= 15 is 0 Å². The Balaban J connectivity index is 2.65. The lowest BCUT2D eigenvalue weighted by molar-refractivity contribution is 0.562. The molecule has 96 valence electrons. The number of thiophene rings is 1. The minimum absolute atomic E-state index is 0.144. The molecule has 1 N–H and O–H groups in total. The van der Waals surface area contributed by atoms with Crippen molar-refractivity contribution < 1.29 is 0 Å². The zero-order valence-electron chi connectivity index (χ0n) is 10.2. The van der Waals surface area contributed by atoms with E-state index in [9.17, 15) is 4.79 Å². The van der Waals surface area contributed by atoms with Crippen LogP contribution < -0.4 is 5.56 Å². The molecule has 0 saturated heterocycles. The molecular formula is C12H12Br2N2OS. The fourth-order valence-electron chi connectivity index (χ4n) is 1.51. The number of aromatic nitrogens is 2. The summed E-state index contributed by atoms with van der Waals surface area (Å²) in [6, 6.07) is 3.88. The minimum atomic E-state index is -0.184. The predicted molar refractivity (Wildman–Crippen MR) is 82.3 cm³/mol. The number of rotatable bonds is 1. The Morgan fingerprint density at radius 2 is 1.94 bits per heavy atom. The van der Waals surface area contributed by atoms with Crippen LogP contribution in [0.1, 0.15) is 26.5 Å². The largest absolute Gasteiger partial charge is 0.305 e. The summed E-state index contributed by atoms with van der Waals surface area (Å²) < 4.78 is 1.52. The second kappa shape index (κ2) is 4.90. The van der Waals surface area contributed by atoms with E-state index in [1.165, 1.54) is 0 Å². The standard InChI is InChI=1S/C12H12Br2N2OS/c1-12(2,3)9-8(14)11(17)16-10(15-9)6-4-5-7(13)18-6/h4-5H,1-3H3,(H,15,16,17). The molecule has 0 unspecified atom stereocenters. The third-order valence-electron chi connectivity index (χ3n) is 2.38. The van der Waals surface area contributed by atoms with E-state index < -0.39 is 0 Å². The molecular weight excluding hydrogens is 380 g/mol. The van der Waals surface area contributed by atoms with E-state index in [1.54, 1.807) is 11.3 Å². The Hall–Kier alpha value is -0.460. The van der Waals surface area contributed by atoms with Crippen molar-refractivity contribution in [2.24, 2.45) is 0 Å². The molecule has 0 aliphatic rings. The highest BCUT2D eigenvalue weighted by atomic mass is 79.9. The molecule has 2 rings (SSSR count). The molecule has 0 spiro atoms. The second-order valence-electron chi connectivity index (χ2n) is 4.93. The monoisotopic (exact) mass is 390 g/mol. The van der Waals surface area contributed by atoms with Crippen molar-refractivity contribution in [2.75, 3.05) is 0 Å². The number of halogens is 2. The van der Waals surface area contributed by atoms with Gasteiger partial charge in [0.15, 0.2) is 5.82 Å². The van der Waals surface area contributed by atoms with Crippen LogP contribution in [0, 0.1) is 0 Å². The fraction of sp³-hybridized carbons (Fsp3) is 0.333. The highest BCUT2D eigenvalue weighted by Gasteiger charge is 2.22. The normalized spacial score (nSPS) is 11.8. The van der Waals surface area contributed by atoms with Gasteiger partial charge in [-0.15, -0.1) is 11.3 Å². The number of H-pyrrole nitrogens is 1. The summed E-state index contributed by atoms with van der Waals surface area (Å²) in [6.07, 6.45) is 0. The highest BCUT2D eigenvalue weighted by molar-refractivity contribution is 9.11. The van der Waals surface area contributed by atoms with Gasteiger partial charge in [-0.25, -0.2) is 4.98 Å². The molecule has 0 fully saturated rings. The van der Waals surface area contributed by atoms with Crippen LogP contribution in [0.5, 0.6) is 0 Å². The number of nitrogens with zero attached hydrogens (tertiary/aromatic N) is 1. The molecule has 0 saturated carbocycles. The van der Waals surface area contributed by atoms with Gasteiger partial charge in [0.25, 0.3) is 5.56 Å². The van der Waals surface area contributed by atoms with E-state index in [2.05, 4.69) is 41.8 Å². The molecule has 2 aromatic rings. The summed E-state index contributed by atoms with van der Waals surface area (Å²) >= 11 is 8.27. The molecule has 0 aromatic carbocycles. The Bertz CT molecular complexity index is 640. The molecule has 0 bridgehead atoms. The summed E-state index contributed by atoms with van der Waals surface area (Å²) in [4.78, 5) is 20.2. The van der Waals surface area contributed by atoms with Crippen LogP contribution in [0.2, 0.25) is 0 Å². The molecule has 3 nitrogen and oxygen atoms in total. The van der Waals surface area contributed by atoms with Crippen molar-refractivity contribution in [2.45, 2.75) is 26.2 Å². The summed E-state index contributed by atoms with van der Waals surface area (Å²) in [7, 11) is 0. The van der Waals surface area contributed by atoms with Gasteiger partial charge >= 0.3 is 0 Å². The first-order valence-electron chi connectivity index (χ1n) is 5.35. The first-order chi connectivity index (χ1) is 8.29. The molecule has 0 atom stereocenters. The molecule has 0 aliphatic carbocycles. The number of hydrogen-bond acceptors (Lipinski definition) is 3. The molecule has 18 heavy (non-hydrogen) atoms. The maximum atomic E-state index is 11.9. The summed E-state index contributed by atoms with van der Waals surface area (Å²) in [6.45, 7) is 6.11. The van der Waals surface area contributed by atoms with Gasteiger partial charge in [-0.3, -0.25) is 4.79 Å². The van der Waals surface area contributed by atoms with Crippen LogP contribution in [0.4, 0.5) is 0 Å². The molecule has 0 radical (unpaired) electrons. The lowest BCUT2D eigenvalue weighted by Gasteiger charge is -2.19. The lowest BCUT2D eigenvalue weighted by Crippen LogP contribution is -2.22. The first kappa shape index (κ1) is 14.0. The zero-order chi connectivity index (χ0) is 13.5. The summed E-state index contributed by atoms with van der Waals surface area (Å²) in [5, 5.41) is 0. The maximum absolute atomic E-state index is 11.9. The van der Waals surface area contributed by atoms with Crippen molar-refractivity contribution >= 4 is 43.2 Å². The van der Waals surface area contributed by atoms with Crippen molar-refractivity contribution in [1.29, 1.82) is 0 Å². The topological polar surface area (TPSA) is 45.8 Å². The van der Waals surface area contributed by atoms with Crippen molar-refractivity contribution in [1.82, 2.24) is 9.97 Å². The quantitative estimate of drug-likeness (QED) is 0.786. The Labute approximate surface area is 126 Å². The average Bonchev–Trinajstić information content (AvgIpc) is 2.67. The molecule has 0 amide bonds. The maximum Gasteiger partial charge on any atom is 0.265 e. The molecule has 2 heterocycles. The molecule has 0 aliphatic heterocycles. The van der Waals surface area contributed by atoms with E-state index in [0.717, 1.165) is 14.4 Å². The predicted octanol–water partition coefficient (Wildman–Crippen LogP) is 4.32. The third kappa shape index (κ3) is 2.75. The van der Waals surface area contributed by atoms with Gasteiger partial charge in [-0.2, -0.15) is 0 Å². The SMILES string of the molecule is CC(C)(C)c1nc(-c2ccc(Br)s2)[nH]c(=O)c1Br. The van der Waals surface area contributed by atoms with E-state index in [1.807, 2.05) is 32.9 Å². The molecule has 6 heteroatoms. The van der Waals surface area contributed by atoms with Gasteiger partial charge in [-0.1, -0.05) is 20.8 Å². The van der Waals surface area contributed by atoms with Gasteiger partial charge in [0.05, 0.1) is 14.4 Å². The van der Waals surface area contributed by atoms with Crippen molar-refractivity contribution in [3.05, 3.63) is 36.4 Å². The zero-order valence-corrected chi connectivity index (χ0v) is 14.2. The third-order valence-corrected chi connectivity index (χ3v) is 4.75. The summed E-state index contributed by atoms with van der Waals surface area (Å²) in [5.74, 6) is 0.615. The number of nitrogens with one attached hydrogen (secondary N) is 1. The molecule has 2 aromatic heterocycles. The first-order valence-corrected chi connectivity index (χ1v) is 7.75. The Morgan fingerprint density at radius 3 is 2.44 bits per heavy atom. The van der Waals surface area contributed by atoms with Gasteiger partial charge in [0.1, 0.15) is 4.47 Å².